The largest absolute Gasteiger partial charge is 0.448 e. The van der Waals surface area contributed by atoms with Gasteiger partial charge in [-0.1, -0.05) is 15.9 Å². The van der Waals surface area contributed by atoms with Crippen molar-refractivity contribution in [1.82, 2.24) is 0 Å². The van der Waals surface area contributed by atoms with Gasteiger partial charge in [0, 0.05) is 18.1 Å². The molecule has 1 aromatic carbocycles. The Morgan fingerprint density at radius 3 is 2.84 bits per heavy atom. The van der Waals surface area contributed by atoms with Crippen LogP contribution in [0, 0.1) is 0 Å². The van der Waals surface area contributed by atoms with E-state index in [1.807, 2.05) is 0 Å². The molecule has 1 amide bonds. The minimum atomic E-state index is -3.22. The molecular weight excluding hydrogens is 334 g/mol. The number of nitrogens with zero attached hydrogens (tertiary/aromatic N) is 1. The summed E-state index contributed by atoms with van der Waals surface area (Å²) in [6.07, 6.45) is 1.42. The first-order valence-corrected chi connectivity index (χ1v) is 8.78. The minimum absolute atomic E-state index is 0.280. The summed E-state index contributed by atoms with van der Waals surface area (Å²) in [5.74, 6) is 0. The summed E-state index contributed by atoms with van der Waals surface area (Å²) >= 11 is 3.19. The van der Waals surface area contributed by atoms with Gasteiger partial charge in [-0.3, -0.25) is 4.90 Å². The zero-order chi connectivity index (χ0) is 14.0. The number of rotatable bonds is 3. The van der Waals surface area contributed by atoms with Crippen LogP contribution in [0.1, 0.15) is 5.56 Å². The van der Waals surface area contributed by atoms with E-state index in [1.165, 1.54) is 17.2 Å². The maximum Gasteiger partial charge on any atom is 0.414 e. The Morgan fingerprint density at radius 1 is 1.47 bits per heavy atom. The Bertz CT molecular complexity index is 600. The van der Waals surface area contributed by atoms with Crippen molar-refractivity contribution in [2.75, 3.05) is 29.6 Å². The number of hydrogen-bond acceptors (Lipinski definition) is 4. The summed E-state index contributed by atoms with van der Waals surface area (Å²) in [7, 11) is -3.22. The van der Waals surface area contributed by atoms with Crippen molar-refractivity contribution in [3.8, 4) is 0 Å². The van der Waals surface area contributed by atoms with Crippen molar-refractivity contribution in [2.24, 2.45) is 0 Å². The van der Waals surface area contributed by atoms with E-state index in [0.717, 1.165) is 11.3 Å². The van der Waals surface area contributed by atoms with E-state index >= 15 is 0 Å². The van der Waals surface area contributed by atoms with Gasteiger partial charge in [-0.25, -0.2) is 13.2 Å². The predicted octanol–water partition coefficient (Wildman–Crippen LogP) is 1.98. The molecule has 1 aromatic rings. The summed E-state index contributed by atoms with van der Waals surface area (Å²) in [5.41, 5.74) is 1.59. The highest BCUT2D eigenvalue weighted by atomic mass is 79.9. The second-order valence-electron chi connectivity index (χ2n) is 4.27. The summed E-state index contributed by atoms with van der Waals surface area (Å²) in [6.45, 7) is 0.829. The molecule has 19 heavy (non-hydrogen) atoms. The summed E-state index contributed by atoms with van der Waals surface area (Å²) in [4.78, 5) is 13.6. The van der Waals surface area contributed by atoms with Crippen molar-refractivity contribution in [3.05, 3.63) is 23.8 Å². The molecule has 0 unspecified atom stereocenters. The molecule has 0 bridgehead atoms. The van der Waals surface area contributed by atoms with E-state index < -0.39 is 15.9 Å². The molecule has 0 radical (unpaired) electrons. The molecule has 104 valence electrons. The number of ether oxygens (including phenoxy) is 1. The third kappa shape index (κ3) is 3.09. The lowest BCUT2D eigenvalue weighted by molar-refractivity contribution is 0.161. The maximum absolute atomic E-state index is 11.8. The lowest BCUT2D eigenvalue weighted by atomic mass is 10.2. The maximum atomic E-state index is 11.8. The van der Waals surface area contributed by atoms with Gasteiger partial charge in [0.1, 0.15) is 6.61 Å². The summed E-state index contributed by atoms with van der Waals surface area (Å²) in [5, 5.41) is 0.590. The van der Waals surface area contributed by atoms with Crippen LogP contribution in [0.25, 0.3) is 0 Å². The molecule has 1 aliphatic heterocycles. The molecule has 1 heterocycles. The molecule has 5 nitrogen and oxygen atoms in total. The van der Waals surface area contributed by atoms with Gasteiger partial charge in [0.15, 0.2) is 9.84 Å². The second-order valence-corrected chi connectivity index (χ2v) is 7.08. The van der Waals surface area contributed by atoms with E-state index in [-0.39, 0.29) is 4.90 Å². The van der Waals surface area contributed by atoms with Crippen LogP contribution in [-0.2, 0) is 21.0 Å². The third-order valence-corrected chi connectivity index (χ3v) is 4.33. The first-order chi connectivity index (χ1) is 8.93. The number of carbonyl (C=O) groups is 1. The van der Waals surface area contributed by atoms with Crippen molar-refractivity contribution >= 4 is 37.5 Å². The highest BCUT2D eigenvalue weighted by Gasteiger charge is 2.26. The van der Waals surface area contributed by atoms with Gasteiger partial charge in [-0.15, -0.1) is 0 Å². The van der Waals surface area contributed by atoms with E-state index in [4.69, 9.17) is 4.74 Å². The predicted molar refractivity (Wildman–Crippen MR) is 75.7 cm³/mol. The first-order valence-electron chi connectivity index (χ1n) is 5.76. The number of halogens is 1. The van der Waals surface area contributed by atoms with Gasteiger partial charge < -0.3 is 4.74 Å². The van der Waals surface area contributed by atoms with Crippen LogP contribution in [0.5, 0.6) is 0 Å². The van der Waals surface area contributed by atoms with E-state index in [2.05, 4.69) is 15.9 Å². The topological polar surface area (TPSA) is 63.7 Å². The monoisotopic (exact) mass is 347 g/mol. The number of sulfone groups is 1. The highest BCUT2D eigenvalue weighted by Crippen LogP contribution is 2.30. The SMILES string of the molecule is CS(=O)(=O)c1ccc2c(c1)CCN2C(=O)OCCBr. The fourth-order valence-electron chi connectivity index (χ4n) is 2.00. The third-order valence-electron chi connectivity index (χ3n) is 2.90. The average molecular weight is 348 g/mol. The Kier molecular flexibility index (Phi) is 4.15. The molecule has 0 N–H and O–H groups in total. The lowest BCUT2D eigenvalue weighted by Gasteiger charge is -2.16. The number of carbonyl (C=O) groups excluding carboxylic acids is 1. The van der Waals surface area contributed by atoms with Crippen LogP contribution in [0.4, 0.5) is 10.5 Å². The van der Waals surface area contributed by atoms with Crippen LogP contribution in [0.2, 0.25) is 0 Å². The van der Waals surface area contributed by atoms with Crippen LogP contribution in [0.3, 0.4) is 0 Å². The molecule has 7 heteroatoms. The number of anilines is 1. The minimum Gasteiger partial charge on any atom is -0.448 e. The molecule has 0 spiro atoms. The van der Waals surface area contributed by atoms with Gasteiger partial charge >= 0.3 is 6.09 Å². The van der Waals surface area contributed by atoms with Crippen molar-refractivity contribution in [3.63, 3.8) is 0 Å². The average Bonchev–Trinajstić information content (AvgIpc) is 2.77. The number of alkyl halides is 1. The van der Waals surface area contributed by atoms with Gasteiger partial charge in [-0.2, -0.15) is 0 Å². The summed E-state index contributed by atoms with van der Waals surface area (Å²) in [6, 6.07) is 4.81. The van der Waals surface area contributed by atoms with Gasteiger partial charge in [0.05, 0.1) is 10.6 Å². The smallest absolute Gasteiger partial charge is 0.414 e. The standard InChI is InChI=1S/C12H14BrNO4S/c1-19(16,17)10-2-3-11-9(8-10)4-6-14(11)12(15)18-7-5-13/h2-3,8H,4-7H2,1H3. The molecule has 2 rings (SSSR count). The normalized spacial score (nSPS) is 14.3. The van der Waals surface area contributed by atoms with Crippen LogP contribution in [0.15, 0.2) is 23.1 Å². The highest BCUT2D eigenvalue weighted by molar-refractivity contribution is 9.09. The Hall–Kier alpha value is -1.08. The molecule has 0 saturated carbocycles. The number of benzene rings is 1. The molecule has 0 aliphatic carbocycles. The second kappa shape index (κ2) is 5.50. The molecule has 0 atom stereocenters. The Morgan fingerprint density at radius 2 is 2.21 bits per heavy atom. The number of hydrogen-bond donors (Lipinski definition) is 0. The quantitative estimate of drug-likeness (QED) is 0.784. The molecule has 0 saturated heterocycles. The summed E-state index contributed by atoms with van der Waals surface area (Å²) < 4.78 is 28.0. The van der Waals surface area contributed by atoms with Gasteiger partial charge in [0.2, 0.25) is 0 Å². The molecule has 1 aliphatic rings. The van der Waals surface area contributed by atoms with E-state index in [1.54, 1.807) is 12.1 Å². The zero-order valence-electron chi connectivity index (χ0n) is 10.4. The van der Waals surface area contributed by atoms with Gasteiger partial charge in [-0.05, 0) is 30.2 Å². The van der Waals surface area contributed by atoms with Gasteiger partial charge in [0.25, 0.3) is 0 Å². The fraction of sp³-hybridized carbons (Fsp3) is 0.417. The van der Waals surface area contributed by atoms with Crippen LogP contribution in [-0.4, -0.2) is 39.2 Å². The Labute approximate surface area is 120 Å². The van der Waals surface area contributed by atoms with Crippen LogP contribution < -0.4 is 4.90 Å². The molecule has 0 aromatic heterocycles. The Balaban J connectivity index is 2.25. The molecular formula is C12H14BrNO4S. The first kappa shape index (κ1) is 14.3. The molecule has 0 fully saturated rings. The fourth-order valence-corrected chi connectivity index (χ4v) is 2.84. The van der Waals surface area contributed by atoms with Crippen LogP contribution >= 0.6 is 15.9 Å². The lowest BCUT2D eigenvalue weighted by Crippen LogP contribution is -2.30. The van der Waals surface area contributed by atoms with Crippen molar-refractivity contribution in [1.29, 1.82) is 0 Å². The number of amides is 1. The van der Waals surface area contributed by atoms with E-state index in [0.29, 0.717) is 24.9 Å². The van der Waals surface area contributed by atoms with E-state index in [9.17, 15) is 13.2 Å². The van der Waals surface area contributed by atoms with Crippen molar-refractivity contribution < 1.29 is 17.9 Å². The van der Waals surface area contributed by atoms with Crippen molar-refractivity contribution in [2.45, 2.75) is 11.3 Å². The zero-order valence-corrected chi connectivity index (χ0v) is 12.8. The number of fused-ring (bicyclic) bond motifs is 1.